The average Bonchev–Trinajstić information content (AvgIpc) is 2.50. The van der Waals surface area contributed by atoms with Gasteiger partial charge in [0.15, 0.2) is 0 Å². The molecule has 0 unspecified atom stereocenters. The molecule has 122 valence electrons. The van der Waals surface area contributed by atoms with E-state index in [4.69, 9.17) is 9.84 Å². The Bertz CT molecular complexity index is 477. The third-order valence-corrected chi connectivity index (χ3v) is 2.94. The Kier molecular flexibility index (Phi) is 8.67. The topological polar surface area (TPSA) is 87.7 Å². The van der Waals surface area contributed by atoms with Crippen molar-refractivity contribution in [1.82, 2.24) is 10.6 Å². The molecule has 6 heteroatoms. The Labute approximate surface area is 130 Å². The first-order chi connectivity index (χ1) is 10.6. The second kappa shape index (κ2) is 10.6. The highest BCUT2D eigenvalue weighted by molar-refractivity contribution is 5.84. The fraction of sp³-hybridized carbons (Fsp3) is 0.500. The Morgan fingerprint density at radius 1 is 1.18 bits per heavy atom. The first-order valence-electron chi connectivity index (χ1n) is 7.45. The SMILES string of the molecule is Cc1cccc(OCCCCC(=O)NCC(=O)NCCO)c1. The van der Waals surface area contributed by atoms with Crippen LogP contribution < -0.4 is 15.4 Å². The summed E-state index contributed by atoms with van der Waals surface area (Å²) in [6.45, 7) is 2.60. The zero-order chi connectivity index (χ0) is 16.2. The smallest absolute Gasteiger partial charge is 0.239 e. The van der Waals surface area contributed by atoms with Gasteiger partial charge in [-0.05, 0) is 37.5 Å². The monoisotopic (exact) mass is 308 g/mol. The second-order valence-corrected chi connectivity index (χ2v) is 4.97. The number of nitrogens with one attached hydrogen (secondary N) is 2. The van der Waals surface area contributed by atoms with Crippen LogP contribution in [0.2, 0.25) is 0 Å². The van der Waals surface area contributed by atoms with Crippen LogP contribution >= 0.6 is 0 Å². The normalized spacial score (nSPS) is 10.1. The van der Waals surface area contributed by atoms with Crippen LogP contribution in [0.4, 0.5) is 0 Å². The van der Waals surface area contributed by atoms with Gasteiger partial charge in [-0.2, -0.15) is 0 Å². The van der Waals surface area contributed by atoms with Gasteiger partial charge >= 0.3 is 0 Å². The summed E-state index contributed by atoms with van der Waals surface area (Å²) >= 11 is 0. The zero-order valence-corrected chi connectivity index (χ0v) is 12.9. The minimum absolute atomic E-state index is 0.0569. The quantitative estimate of drug-likeness (QED) is 0.557. The lowest BCUT2D eigenvalue weighted by Crippen LogP contribution is -2.37. The first-order valence-corrected chi connectivity index (χ1v) is 7.45. The number of aliphatic hydroxyl groups excluding tert-OH is 1. The summed E-state index contributed by atoms with van der Waals surface area (Å²) in [6.07, 6.45) is 1.85. The Morgan fingerprint density at radius 2 is 2.00 bits per heavy atom. The molecule has 0 fully saturated rings. The number of aliphatic hydroxyl groups is 1. The van der Waals surface area contributed by atoms with E-state index >= 15 is 0 Å². The number of aryl methyl sites for hydroxylation is 1. The van der Waals surface area contributed by atoms with E-state index in [0.717, 1.165) is 17.7 Å². The van der Waals surface area contributed by atoms with Gasteiger partial charge in [-0.15, -0.1) is 0 Å². The number of ether oxygens (including phenoxy) is 1. The molecule has 1 aromatic carbocycles. The lowest BCUT2D eigenvalue weighted by molar-refractivity contribution is -0.126. The number of hydrogen-bond acceptors (Lipinski definition) is 4. The largest absolute Gasteiger partial charge is 0.494 e. The van der Waals surface area contributed by atoms with E-state index in [2.05, 4.69) is 10.6 Å². The van der Waals surface area contributed by atoms with Gasteiger partial charge < -0.3 is 20.5 Å². The molecule has 0 bridgehead atoms. The molecule has 0 aliphatic carbocycles. The van der Waals surface area contributed by atoms with E-state index in [0.29, 0.717) is 19.4 Å². The van der Waals surface area contributed by atoms with E-state index in [9.17, 15) is 9.59 Å². The average molecular weight is 308 g/mol. The van der Waals surface area contributed by atoms with E-state index < -0.39 is 0 Å². The molecule has 0 aromatic heterocycles. The molecule has 1 aromatic rings. The zero-order valence-electron chi connectivity index (χ0n) is 12.9. The second-order valence-electron chi connectivity index (χ2n) is 4.97. The van der Waals surface area contributed by atoms with Crippen LogP contribution in [0, 0.1) is 6.92 Å². The molecule has 0 spiro atoms. The molecular weight excluding hydrogens is 284 g/mol. The number of hydrogen-bond donors (Lipinski definition) is 3. The van der Waals surface area contributed by atoms with Crippen molar-refractivity contribution in [3.05, 3.63) is 29.8 Å². The molecule has 0 heterocycles. The summed E-state index contributed by atoms with van der Waals surface area (Å²) in [5, 5.41) is 13.5. The molecule has 0 aliphatic rings. The molecule has 0 aliphatic heterocycles. The van der Waals surface area contributed by atoms with Crippen molar-refractivity contribution in [3.63, 3.8) is 0 Å². The minimum Gasteiger partial charge on any atom is -0.494 e. The van der Waals surface area contributed by atoms with Crippen LogP contribution in [0.25, 0.3) is 0 Å². The lowest BCUT2D eigenvalue weighted by atomic mass is 10.2. The summed E-state index contributed by atoms with van der Waals surface area (Å²) in [5.41, 5.74) is 1.15. The van der Waals surface area contributed by atoms with Gasteiger partial charge in [-0.1, -0.05) is 12.1 Å². The molecule has 0 atom stereocenters. The van der Waals surface area contributed by atoms with Gasteiger partial charge in [0.05, 0.1) is 19.8 Å². The number of rotatable bonds is 10. The van der Waals surface area contributed by atoms with Crippen molar-refractivity contribution < 1.29 is 19.4 Å². The molecule has 3 N–H and O–H groups in total. The number of carbonyl (C=O) groups excluding carboxylic acids is 2. The van der Waals surface area contributed by atoms with E-state index in [-0.39, 0.29) is 31.5 Å². The van der Waals surface area contributed by atoms with E-state index in [1.165, 1.54) is 0 Å². The third kappa shape index (κ3) is 8.26. The van der Waals surface area contributed by atoms with Crippen LogP contribution in [0.15, 0.2) is 24.3 Å². The molecule has 2 amide bonds. The molecular formula is C16H24N2O4. The Hall–Kier alpha value is -2.08. The predicted molar refractivity (Wildman–Crippen MR) is 83.6 cm³/mol. The summed E-state index contributed by atoms with van der Waals surface area (Å²) in [5.74, 6) is 0.380. The summed E-state index contributed by atoms with van der Waals surface area (Å²) in [6, 6.07) is 7.83. The Balaban J connectivity index is 2.04. The van der Waals surface area contributed by atoms with Crippen LogP contribution in [0.5, 0.6) is 5.75 Å². The minimum atomic E-state index is -0.301. The third-order valence-electron chi connectivity index (χ3n) is 2.94. The maximum Gasteiger partial charge on any atom is 0.239 e. The maximum absolute atomic E-state index is 11.5. The molecule has 0 radical (unpaired) electrons. The highest BCUT2D eigenvalue weighted by Crippen LogP contribution is 2.12. The van der Waals surface area contributed by atoms with Gasteiger partial charge in [0, 0.05) is 13.0 Å². The van der Waals surface area contributed by atoms with Gasteiger partial charge in [-0.25, -0.2) is 0 Å². The number of carbonyl (C=O) groups is 2. The highest BCUT2D eigenvalue weighted by atomic mass is 16.5. The van der Waals surface area contributed by atoms with Crippen LogP contribution in [-0.4, -0.2) is 43.2 Å². The van der Waals surface area contributed by atoms with Crippen molar-refractivity contribution in [2.45, 2.75) is 26.2 Å². The highest BCUT2D eigenvalue weighted by Gasteiger charge is 2.04. The van der Waals surface area contributed by atoms with Crippen LogP contribution in [-0.2, 0) is 9.59 Å². The number of benzene rings is 1. The fourth-order valence-corrected chi connectivity index (χ4v) is 1.81. The van der Waals surface area contributed by atoms with Crippen LogP contribution in [0.1, 0.15) is 24.8 Å². The summed E-state index contributed by atoms with van der Waals surface area (Å²) in [4.78, 5) is 22.7. The lowest BCUT2D eigenvalue weighted by Gasteiger charge is -2.07. The Morgan fingerprint density at radius 3 is 2.73 bits per heavy atom. The molecule has 0 saturated carbocycles. The summed E-state index contributed by atoms with van der Waals surface area (Å²) < 4.78 is 5.59. The molecule has 6 nitrogen and oxygen atoms in total. The van der Waals surface area contributed by atoms with Crippen molar-refractivity contribution in [2.24, 2.45) is 0 Å². The molecule has 1 rings (SSSR count). The van der Waals surface area contributed by atoms with E-state index in [1.54, 1.807) is 0 Å². The van der Waals surface area contributed by atoms with Gasteiger partial charge in [0.1, 0.15) is 5.75 Å². The van der Waals surface area contributed by atoms with E-state index in [1.807, 2.05) is 31.2 Å². The van der Waals surface area contributed by atoms with Crippen molar-refractivity contribution in [1.29, 1.82) is 0 Å². The van der Waals surface area contributed by atoms with Gasteiger partial charge in [0.2, 0.25) is 11.8 Å². The van der Waals surface area contributed by atoms with Crippen molar-refractivity contribution >= 4 is 11.8 Å². The maximum atomic E-state index is 11.5. The molecule has 22 heavy (non-hydrogen) atoms. The standard InChI is InChI=1S/C16H24N2O4/c1-13-5-4-6-14(11-13)22-10-3-2-7-15(20)18-12-16(21)17-8-9-19/h4-6,11,19H,2-3,7-10,12H2,1H3,(H,17,21)(H,18,20). The van der Waals surface area contributed by atoms with Gasteiger partial charge in [-0.3, -0.25) is 9.59 Å². The fourth-order valence-electron chi connectivity index (χ4n) is 1.81. The van der Waals surface area contributed by atoms with Crippen molar-refractivity contribution in [3.8, 4) is 5.75 Å². The number of unbranched alkanes of at least 4 members (excludes halogenated alkanes) is 1. The van der Waals surface area contributed by atoms with Crippen molar-refractivity contribution in [2.75, 3.05) is 26.3 Å². The van der Waals surface area contributed by atoms with Gasteiger partial charge in [0.25, 0.3) is 0 Å². The number of amides is 2. The predicted octanol–water partition coefficient (Wildman–Crippen LogP) is 0.769. The summed E-state index contributed by atoms with van der Waals surface area (Å²) in [7, 11) is 0. The van der Waals surface area contributed by atoms with Crippen LogP contribution in [0.3, 0.4) is 0 Å². The first kappa shape index (κ1) is 18.0. The molecule has 0 saturated heterocycles.